The van der Waals surface area contributed by atoms with Gasteiger partial charge in [0.1, 0.15) is 6.04 Å². The molecule has 0 bridgehead atoms. The van der Waals surface area contributed by atoms with Gasteiger partial charge in [0.2, 0.25) is 0 Å². The number of carbonyl (C=O) groups is 3. The molecule has 2 heterocycles. The number of nitrogens with one attached hydrogen (secondary N) is 2. The normalized spacial score (nSPS) is 15.7. The lowest BCUT2D eigenvalue weighted by atomic mass is 10.1. The van der Waals surface area contributed by atoms with Gasteiger partial charge in [-0.1, -0.05) is 18.2 Å². The standard InChI is InChI=1S/C19H20N4O3/c1-12(2)23-15-6-4-3-5-14(15)16(19(23)26)22-18(25)17(24)21-11-13-7-9-20-10-8-13/h3-10,12,16H,11H2,1-2H3,(H,21,24)(H,22,25)/t16-/m0/s1. The van der Waals surface area contributed by atoms with Crippen LogP contribution in [0.5, 0.6) is 0 Å². The molecule has 1 aliphatic rings. The predicted octanol–water partition coefficient (Wildman–Crippen LogP) is 1.31. The molecule has 0 fully saturated rings. The Labute approximate surface area is 151 Å². The number of aromatic nitrogens is 1. The lowest BCUT2D eigenvalue weighted by Gasteiger charge is -2.22. The van der Waals surface area contributed by atoms with E-state index in [0.29, 0.717) is 5.56 Å². The number of carbonyl (C=O) groups excluding carboxylic acids is 3. The van der Waals surface area contributed by atoms with Crippen LogP contribution in [0.1, 0.15) is 31.0 Å². The van der Waals surface area contributed by atoms with Gasteiger partial charge in [0.25, 0.3) is 5.91 Å². The molecule has 0 unspecified atom stereocenters. The van der Waals surface area contributed by atoms with E-state index in [1.165, 1.54) is 0 Å². The fourth-order valence-corrected chi connectivity index (χ4v) is 2.97. The molecule has 26 heavy (non-hydrogen) atoms. The van der Waals surface area contributed by atoms with Gasteiger partial charge in [-0.3, -0.25) is 19.4 Å². The van der Waals surface area contributed by atoms with E-state index in [1.54, 1.807) is 41.6 Å². The van der Waals surface area contributed by atoms with Gasteiger partial charge in [-0.2, -0.15) is 0 Å². The van der Waals surface area contributed by atoms with Crippen molar-refractivity contribution in [1.82, 2.24) is 15.6 Å². The Bertz CT molecular complexity index is 836. The Morgan fingerprint density at radius 2 is 1.81 bits per heavy atom. The van der Waals surface area contributed by atoms with Gasteiger partial charge in [-0.05, 0) is 37.6 Å². The van der Waals surface area contributed by atoms with E-state index < -0.39 is 17.9 Å². The number of anilines is 1. The van der Waals surface area contributed by atoms with Crippen molar-refractivity contribution in [3.05, 3.63) is 59.9 Å². The number of hydrogen-bond donors (Lipinski definition) is 2. The molecule has 3 amide bonds. The second-order valence-electron chi connectivity index (χ2n) is 6.31. The van der Waals surface area contributed by atoms with Crippen molar-refractivity contribution < 1.29 is 14.4 Å². The number of rotatable bonds is 4. The summed E-state index contributed by atoms with van der Waals surface area (Å²) >= 11 is 0. The van der Waals surface area contributed by atoms with Crippen molar-refractivity contribution in [2.45, 2.75) is 32.5 Å². The van der Waals surface area contributed by atoms with Crippen LogP contribution in [-0.2, 0) is 20.9 Å². The Hall–Kier alpha value is -3.22. The minimum atomic E-state index is -0.854. The van der Waals surface area contributed by atoms with Gasteiger partial charge in [-0.15, -0.1) is 0 Å². The van der Waals surface area contributed by atoms with E-state index in [9.17, 15) is 14.4 Å². The molecule has 0 aliphatic carbocycles. The fraction of sp³-hybridized carbons (Fsp3) is 0.263. The first-order chi connectivity index (χ1) is 12.5. The third-order valence-corrected chi connectivity index (χ3v) is 4.19. The number of amides is 3. The highest BCUT2D eigenvalue weighted by Gasteiger charge is 2.39. The summed E-state index contributed by atoms with van der Waals surface area (Å²) in [6.07, 6.45) is 3.21. The number of pyridine rings is 1. The molecule has 0 spiro atoms. The van der Waals surface area contributed by atoms with Crippen LogP contribution in [0.4, 0.5) is 5.69 Å². The van der Waals surface area contributed by atoms with Crippen LogP contribution in [0.2, 0.25) is 0 Å². The monoisotopic (exact) mass is 352 g/mol. The highest BCUT2D eigenvalue weighted by Crippen LogP contribution is 2.36. The summed E-state index contributed by atoms with van der Waals surface area (Å²) in [6.45, 7) is 4.02. The lowest BCUT2D eigenvalue weighted by Crippen LogP contribution is -2.45. The van der Waals surface area contributed by atoms with Gasteiger partial charge in [0.15, 0.2) is 0 Å². The van der Waals surface area contributed by atoms with E-state index in [4.69, 9.17) is 0 Å². The predicted molar refractivity (Wildman–Crippen MR) is 96.0 cm³/mol. The van der Waals surface area contributed by atoms with Crippen LogP contribution in [0.3, 0.4) is 0 Å². The van der Waals surface area contributed by atoms with Crippen LogP contribution in [-0.4, -0.2) is 28.7 Å². The molecule has 1 aromatic heterocycles. The van der Waals surface area contributed by atoms with Crippen molar-refractivity contribution in [3.63, 3.8) is 0 Å². The molecule has 0 saturated heterocycles. The number of fused-ring (bicyclic) bond motifs is 1. The summed E-state index contributed by atoms with van der Waals surface area (Å²) < 4.78 is 0. The van der Waals surface area contributed by atoms with E-state index in [1.807, 2.05) is 26.0 Å². The lowest BCUT2D eigenvalue weighted by molar-refractivity contribution is -0.140. The maximum Gasteiger partial charge on any atom is 0.310 e. The maximum atomic E-state index is 12.7. The third-order valence-electron chi connectivity index (χ3n) is 4.19. The van der Waals surface area contributed by atoms with Crippen LogP contribution in [0, 0.1) is 0 Å². The minimum absolute atomic E-state index is 0.0499. The number of hydrogen-bond acceptors (Lipinski definition) is 4. The molecule has 134 valence electrons. The second kappa shape index (κ2) is 7.35. The van der Waals surface area contributed by atoms with E-state index in [-0.39, 0.29) is 18.5 Å². The zero-order valence-electron chi connectivity index (χ0n) is 14.6. The van der Waals surface area contributed by atoms with Crippen molar-refractivity contribution >= 4 is 23.4 Å². The van der Waals surface area contributed by atoms with Crippen LogP contribution >= 0.6 is 0 Å². The summed E-state index contributed by atoms with van der Waals surface area (Å²) in [5.41, 5.74) is 2.28. The topological polar surface area (TPSA) is 91.4 Å². The van der Waals surface area contributed by atoms with Crippen LogP contribution in [0.15, 0.2) is 48.8 Å². The summed E-state index contributed by atoms with van der Waals surface area (Å²) in [5.74, 6) is -1.86. The van der Waals surface area contributed by atoms with E-state index in [2.05, 4.69) is 15.6 Å². The van der Waals surface area contributed by atoms with Crippen LogP contribution in [0.25, 0.3) is 0 Å². The second-order valence-corrected chi connectivity index (χ2v) is 6.31. The van der Waals surface area contributed by atoms with Gasteiger partial charge >= 0.3 is 11.8 Å². The Balaban J connectivity index is 1.69. The highest BCUT2D eigenvalue weighted by atomic mass is 16.2. The van der Waals surface area contributed by atoms with Crippen molar-refractivity contribution in [3.8, 4) is 0 Å². The molecule has 1 atom stereocenters. The van der Waals surface area contributed by atoms with Crippen molar-refractivity contribution in [1.29, 1.82) is 0 Å². The summed E-state index contributed by atoms with van der Waals surface area (Å²) in [7, 11) is 0. The summed E-state index contributed by atoms with van der Waals surface area (Å²) in [6, 6.07) is 9.86. The fourth-order valence-electron chi connectivity index (χ4n) is 2.97. The van der Waals surface area contributed by atoms with Gasteiger partial charge in [-0.25, -0.2) is 0 Å². The first-order valence-electron chi connectivity index (χ1n) is 8.38. The first kappa shape index (κ1) is 17.6. The van der Waals surface area contributed by atoms with Gasteiger partial charge < -0.3 is 15.5 Å². The van der Waals surface area contributed by atoms with E-state index >= 15 is 0 Å². The Morgan fingerprint density at radius 3 is 2.50 bits per heavy atom. The van der Waals surface area contributed by atoms with Crippen LogP contribution < -0.4 is 15.5 Å². The van der Waals surface area contributed by atoms with Gasteiger partial charge in [0.05, 0.1) is 0 Å². The molecule has 3 rings (SSSR count). The molecule has 1 aliphatic heterocycles. The average Bonchev–Trinajstić information content (AvgIpc) is 2.92. The number of nitrogens with zero attached hydrogens (tertiary/aromatic N) is 2. The third kappa shape index (κ3) is 3.42. The smallest absolute Gasteiger partial charge is 0.310 e. The SMILES string of the molecule is CC(C)N1C(=O)[C@@H](NC(=O)C(=O)NCc2ccncc2)c2ccccc21. The molecule has 1 aromatic carbocycles. The number of para-hydroxylation sites is 1. The summed E-state index contributed by atoms with van der Waals surface area (Å²) in [4.78, 5) is 42.6. The van der Waals surface area contributed by atoms with Crippen molar-refractivity contribution in [2.75, 3.05) is 4.90 Å². The molecule has 7 heteroatoms. The molecule has 2 N–H and O–H groups in total. The van der Waals surface area contributed by atoms with Crippen molar-refractivity contribution in [2.24, 2.45) is 0 Å². The zero-order chi connectivity index (χ0) is 18.7. The maximum absolute atomic E-state index is 12.7. The Morgan fingerprint density at radius 1 is 1.12 bits per heavy atom. The molecular formula is C19H20N4O3. The summed E-state index contributed by atoms with van der Waals surface area (Å²) in [5, 5.41) is 5.09. The first-order valence-corrected chi connectivity index (χ1v) is 8.38. The zero-order valence-corrected chi connectivity index (χ0v) is 14.6. The highest BCUT2D eigenvalue weighted by molar-refractivity contribution is 6.35. The minimum Gasteiger partial charge on any atom is -0.344 e. The number of benzene rings is 1. The molecule has 7 nitrogen and oxygen atoms in total. The average molecular weight is 352 g/mol. The molecular weight excluding hydrogens is 332 g/mol. The molecule has 2 aromatic rings. The Kier molecular flexibility index (Phi) is 4.97. The van der Waals surface area contributed by atoms with Gasteiger partial charge in [0, 0.05) is 36.2 Å². The molecule has 0 saturated carbocycles. The van der Waals surface area contributed by atoms with E-state index in [0.717, 1.165) is 11.3 Å². The quantitative estimate of drug-likeness (QED) is 0.812. The molecule has 0 radical (unpaired) electrons. The largest absolute Gasteiger partial charge is 0.344 e.